The van der Waals surface area contributed by atoms with Crippen molar-refractivity contribution in [3.05, 3.63) is 35.1 Å². The normalized spacial score (nSPS) is 11.4. The Hall–Kier alpha value is -1.42. The van der Waals surface area contributed by atoms with Crippen molar-refractivity contribution in [3.63, 3.8) is 0 Å². The summed E-state index contributed by atoms with van der Waals surface area (Å²) in [7, 11) is 0. The molecule has 0 radical (unpaired) electrons. The Balaban J connectivity index is 2.66. The van der Waals surface area contributed by atoms with Gasteiger partial charge in [0.25, 0.3) is 5.91 Å². The van der Waals surface area contributed by atoms with Gasteiger partial charge in [-0.3, -0.25) is 4.79 Å². The molecule has 0 aromatic heterocycles. The van der Waals surface area contributed by atoms with Crippen LogP contribution in [-0.4, -0.2) is 24.2 Å². The van der Waals surface area contributed by atoms with Crippen LogP contribution < -0.4 is 5.32 Å². The SMILES string of the molecule is Cc1ccc(C(=O)NCC(C)(C)CCO)c(F)c1. The molecule has 0 unspecified atom stereocenters. The first-order valence-corrected chi connectivity index (χ1v) is 6.01. The highest BCUT2D eigenvalue weighted by Crippen LogP contribution is 2.18. The monoisotopic (exact) mass is 253 g/mol. The van der Waals surface area contributed by atoms with Crippen LogP contribution >= 0.6 is 0 Å². The van der Waals surface area contributed by atoms with E-state index in [0.717, 1.165) is 5.56 Å². The number of aryl methyl sites for hydroxylation is 1. The summed E-state index contributed by atoms with van der Waals surface area (Å²) in [6.45, 7) is 6.13. The van der Waals surface area contributed by atoms with Crippen LogP contribution in [0.1, 0.15) is 36.2 Å². The molecule has 0 aliphatic carbocycles. The Labute approximate surface area is 107 Å². The van der Waals surface area contributed by atoms with E-state index in [2.05, 4.69) is 5.32 Å². The van der Waals surface area contributed by atoms with Gasteiger partial charge in [0.05, 0.1) is 5.56 Å². The van der Waals surface area contributed by atoms with Gasteiger partial charge in [-0.15, -0.1) is 0 Å². The number of aliphatic hydroxyl groups excluding tert-OH is 1. The van der Waals surface area contributed by atoms with E-state index < -0.39 is 11.7 Å². The predicted octanol–water partition coefficient (Wildman–Crippen LogP) is 2.27. The topological polar surface area (TPSA) is 49.3 Å². The Morgan fingerprint density at radius 1 is 1.44 bits per heavy atom. The first-order chi connectivity index (χ1) is 8.35. The average Bonchev–Trinajstić information content (AvgIpc) is 2.26. The van der Waals surface area contributed by atoms with Gasteiger partial charge < -0.3 is 10.4 Å². The fourth-order valence-electron chi connectivity index (χ4n) is 1.61. The Morgan fingerprint density at radius 3 is 2.67 bits per heavy atom. The van der Waals surface area contributed by atoms with Gasteiger partial charge in [-0.1, -0.05) is 19.9 Å². The van der Waals surface area contributed by atoms with Crippen molar-refractivity contribution in [2.75, 3.05) is 13.2 Å². The van der Waals surface area contributed by atoms with E-state index >= 15 is 0 Å². The van der Waals surface area contributed by atoms with Crippen molar-refractivity contribution in [1.82, 2.24) is 5.32 Å². The van der Waals surface area contributed by atoms with Crippen molar-refractivity contribution in [1.29, 1.82) is 0 Å². The zero-order valence-corrected chi connectivity index (χ0v) is 11.1. The molecule has 1 aromatic carbocycles. The molecule has 0 spiro atoms. The summed E-state index contributed by atoms with van der Waals surface area (Å²) in [5, 5.41) is 11.6. The van der Waals surface area contributed by atoms with E-state index in [1.165, 1.54) is 12.1 Å². The molecule has 0 aliphatic heterocycles. The Bertz CT molecular complexity index is 430. The Morgan fingerprint density at radius 2 is 2.11 bits per heavy atom. The molecule has 0 fully saturated rings. The standard InChI is InChI=1S/C14H20FNO2/c1-10-4-5-11(12(15)8-10)13(18)16-9-14(2,3)6-7-17/h4-5,8,17H,6-7,9H2,1-3H3,(H,16,18). The van der Waals surface area contributed by atoms with Gasteiger partial charge in [0.15, 0.2) is 0 Å². The van der Waals surface area contributed by atoms with Crippen molar-refractivity contribution >= 4 is 5.91 Å². The average molecular weight is 253 g/mol. The molecular weight excluding hydrogens is 233 g/mol. The lowest BCUT2D eigenvalue weighted by molar-refractivity contribution is 0.0924. The summed E-state index contributed by atoms with van der Waals surface area (Å²) >= 11 is 0. The van der Waals surface area contributed by atoms with Crippen molar-refractivity contribution in [2.24, 2.45) is 5.41 Å². The number of nitrogens with one attached hydrogen (secondary N) is 1. The highest BCUT2D eigenvalue weighted by molar-refractivity contribution is 5.94. The highest BCUT2D eigenvalue weighted by Gasteiger charge is 2.19. The number of carbonyl (C=O) groups excluding carboxylic acids is 1. The van der Waals surface area contributed by atoms with Crippen LogP contribution in [0.5, 0.6) is 0 Å². The number of hydrogen-bond donors (Lipinski definition) is 2. The zero-order valence-electron chi connectivity index (χ0n) is 11.1. The van der Waals surface area contributed by atoms with Crippen LogP contribution in [0.25, 0.3) is 0 Å². The maximum atomic E-state index is 13.6. The molecule has 1 aromatic rings. The lowest BCUT2D eigenvalue weighted by atomic mass is 9.89. The molecule has 18 heavy (non-hydrogen) atoms. The van der Waals surface area contributed by atoms with Crippen LogP contribution in [0.3, 0.4) is 0 Å². The molecule has 0 aliphatic rings. The van der Waals surface area contributed by atoms with Crippen LogP contribution in [-0.2, 0) is 0 Å². The van der Waals surface area contributed by atoms with Gasteiger partial charge in [0.1, 0.15) is 5.82 Å². The summed E-state index contributed by atoms with van der Waals surface area (Å²) < 4.78 is 13.6. The third-order valence-corrected chi connectivity index (χ3v) is 2.89. The summed E-state index contributed by atoms with van der Waals surface area (Å²) in [6, 6.07) is 4.53. The fourth-order valence-corrected chi connectivity index (χ4v) is 1.61. The molecule has 0 saturated heterocycles. The molecule has 0 heterocycles. The van der Waals surface area contributed by atoms with E-state index in [0.29, 0.717) is 13.0 Å². The number of halogens is 1. The van der Waals surface area contributed by atoms with E-state index in [4.69, 9.17) is 5.11 Å². The van der Waals surface area contributed by atoms with Crippen LogP contribution in [0.2, 0.25) is 0 Å². The first kappa shape index (κ1) is 14.6. The number of hydrogen-bond acceptors (Lipinski definition) is 2. The number of aliphatic hydroxyl groups is 1. The first-order valence-electron chi connectivity index (χ1n) is 6.01. The van der Waals surface area contributed by atoms with Gasteiger partial charge in [-0.2, -0.15) is 0 Å². The second kappa shape index (κ2) is 5.96. The van der Waals surface area contributed by atoms with E-state index in [1.807, 2.05) is 13.8 Å². The highest BCUT2D eigenvalue weighted by atomic mass is 19.1. The minimum atomic E-state index is -0.507. The molecular formula is C14H20FNO2. The number of benzene rings is 1. The third kappa shape index (κ3) is 4.11. The van der Waals surface area contributed by atoms with E-state index in [1.54, 1.807) is 13.0 Å². The van der Waals surface area contributed by atoms with Gasteiger partial charge in [-0.05, 0) is 36.5 Å². The van der Waals surface area contributed by atoms with Gasteiger partial charge in [0.2, 0.25) is 0 Å². The van der Waals surface area contributed by atoms with E-state index in [-0.39, 0.29) is 17.6 Å². The molecule has 0 atom stereocenters. The number of carbonyl (C=O) groups is 1. The maximum Gasteiger partial charge on any atom is 0.254 e. The largest absolute Gasteiger partial charge is 0.396 e. The fraction of sp³-hybridized carbons (Fsp3) is 0.500. The number of amides is 1. The summed E-state index contributed by atoms with van der Waals surface area (Å²) in [4.78, 5) is 11.8. The molecule has 4 heteroatoms. The van der Waals surface area contributed by atoms with Crippen LogP contribution in [0.15, 0.2) is 18.2 Å². The van der Waals surface area contributed by atoms with Gasteiger partial charge >= 0.3 is 0 Å². The molecule has 1 rings (SSSR count). The molecule has 1 amide bonds. The zero-order chi connectivity index (χ0) is 13.8. The van der Waals surface area contributed by atoms with Crippen molar-refractivity contribution in [2.45, 2.75) is 27.2 Å². The molecule has 0 saturated carbocycles. The van der Waals surface area contributed by atoms with E-state index in [9.17, 15) is 9.18 Å². The molecule has 0 bridgehead atoms. The molecule has 3 nitrogen and oxygen atoms in total. The lowest BCUT2D eigenvalue weighted by Gasteiger charge is -2.23. The molecule has 100 valence electrons. The summed E-state index contributed by atoms with van der Waals surface area (Å²) in [6.07, 6.45) is 0.587. The number of rotatable bonds is 5. The molecule has 2 N–H and O–H groups in total. The summed E-state index contributed by atoms with van der Waals surface area (Å²) in [5.41, 5.74) is 0.635. The third-order valence-electron chi connectivity index (χ3n) is 2.89. The Kier molecular flexibility index (Phi) is 4.84. The smallest absolute Gasteiger partial charge is 0.254 e. The second-order valence-electron chi connectivity index (χ2n) is 5.30. The van der Waals surface area contributed by atoms with Crippen molar-refractivity contribution in [3.8, 4) is 0 Å². The second-order valence-corrected chi connectivity index (χ2v) is 5.30. The summed E-state index contributed by atoms with van der Waals surface area (Å²) in [5.74, 6) is -0.925. The minimum Gasteiger partial charge on any atom is -0.396 e. The predicted molar refractivity (Wildman–Crippen MR) is 69.0 cm³/mol. The maximum absolute atomic E-state index is 13.6. The van der Waals surface area contributed by atoms with Crippen molar-refractivity contribution < 1.29 is 14.3 Å². The van der Waals surface area contributed by atoms with Crippen LogP contribution in [0, 0.1) is 18.2 Å². The van der Waals surface area contributed by atoms with Gasteiger partial charge in [-0.25, -0.2) is 4.39 Å². The quantitative estimate of drug-likeness (QED) is 0.845. The van der Waals surface area contributed by atoms with Gasteiger partial charge in [0, 0.05) is 13.2 Å². The minimum absolute atomic E-state index is 0.0559. The van der Waals surface area contributed by atoms with Crippen LogP contribution in [0.4, 0.5) is 4.39 Å². The lowest BCUT2D eigenvalue weighted by Crippen LogP contribution is -2.34.